The molecule has 18 heavy (non-hydrogen) atoms. The fourth-order valence-corrected chi connectivity index (χ4v) is 2.87. The maximum absolute atomic E-state index is 3.58. The highest BCUT2D eigenvalue weighted by atomic mass is 127. The molecule has 0 aromatic heterocycles. The molecule has 0 amide bonds. The fourth-order valence-electron chi connectivity index (χ4n) is 2.17. The van der Waals surface area contributed by atoms with Crippen molar-refractivity contribution in [3.05, 3.63) is 68.8 Å². The molecule has 1 N–H and O–H groups in total. The predicted octanol–water partition coefficient (Wildman–Crippen LogP) is 4.30. The number of rotatable bonds is 4. The first kappa shape index (κ1) is 13.6. The number of aryl methyl sites for hydroxylation is 1. The van der Waals surface area contributed by atoms with Gasteiger partial charge < -0.3 is 5.32 Å². The smallest absolute Gasteiger partial charge is 0.0587 e. The molecule has 94 valence electrons. The van der Waals surface area contributed by atoms with Crippen LogP contribution in [0.5, 0.6) is 0 Å². The average Bonchev–Trinajstić information content (AvgIpc) is 2.37. The molecule has 0 aliphatic rings. The highest BCUT2D eigenvalue weighted by molar-refractivity contribution is 14.1. The summed E-state index contributed by atoms with van der Waals surface area (Å²) in [5.41, 5.74) is 3.99. The van der Waals surface area contributed by atoms with Gasteiger partial charge in [0.25, 0.3) is 0 Å². The molecule has 0 heterocycles. The summed E-state index contributed by atoms with van der Waals surface area (Å²) in [6, 6.07) is 17.6. The molecule has 2 aromatic carbocycles. The minimum Gasteiger partial charge on any atom is -0.306 e. The SMILES string of the molecule is CCNC(c1cccc(C)c1)c1ccccc1I. The Bertz CT molecular complexity index is 522. The zero-order valence-electron chi connectivity index (χ0n) is 10.8. The van der Waals surface area contributed by atoms with E-state index in [1.54, 1.807) is 0 Å². The van der Waals surface area contributed by atoms with Crippen LogP contribution in [-0.4, -0.2) is 6.54 Å². The molecule has 0 aliphatic carbocycles. The largest absolute Gasteiger partial charge is 0.306 e. The first-order valence-corrected chi connectivity index (χ1v) is 7.34. The number of hydrogen-bond donors (Lipinski definition) is 1. The second kappa shape index (κ2) is 6.34. The Labute approximate surface area is 123 Å². The van der Waals surface area contributed by atoms with Gasteiger partial charge in [-0.15, -0.1) is 0 Å². The normalized spacial score (nSPS) is 12.4. The van der Waals surface area contributed by atoms with Crippen LogP contribution in [0.25, 0.3) is 0 Å². The van der Waals surface area contributed by atoms with Crippen LogP contribution in [0.3, 0.4) is 0 Å². The summed E-state index contributed by atoms with van der Waals surface area (Å²) < 4.78 is 1.31. The number of hydrogen-bond acceptors (Lipinski definition) is 1. The second-order valence-electron chi connectivity index (χ2n) is 4.43. The van der Waals surface area contributed by atoms with Crippen LogP contribution in [0, 0.1) is 10.5 Å². The third kappa shape index (κ3) is 3.12. The molecule has 0 aliphatic heterocycles. The summed E-state index contributed by atoms with van der Waals surface area (Å²) in [5, 5.41) is 3.58. The molecular formula is C16H18IN. The Kier molecular flexibility index (Phi) is 4.78. The van der Waals surface area contributed by atoms with Crippen molar-refractivity contribution in [3.63, 3.8) is 0 Å². The van der Waals surface area contributed by atoms with E-state index in [0.29, 0.717) is 0 Å². The topological polar surface area (TPSA) is 12.0 Å². The van der Waals surface area contributed by atoms with Gasteiger partial charge in [0, 0.05) is 3.57 Å². The summed E-state index contributed by atoms with van der Waals surface area (Å²) in [4.78, 5) is 0. The highest BCUT2D eigenvalue weighted by Gasteiger charge is 2.15. The van der Waals surface area contributed by atoms with E-state index in [0.717, 1.165) is 6.54 Å². The molecule has 1 atom stereocenters. The Morgan fingerprint density at radius 3 is 2.56 bits per heavy atom. The van der Waals surface area contributed by atoms with Gasteiger partial charge in [-0.2, -0.15) is 0 Å². The van der Waals surface area contributed by atoms with Crippen molar-refractivity contribution in [3.8, 4) is 0 Å². The van der Waals surface area contributed by atoms with Crippen molar-refractivity contribution in [1.29, 1.82) is 0 Å². The van der Waals surface area contributed by atoms with E-state index in [4.69, 9.17) is 0 Å². The molecule has 1 nitrogen and oxygen atoms in total. The van der Waals surface area contributed by atoms with Crippen molar-refractivity contribution in [2.45, 2.75) is 19.9 Å². The lowest BCUT2D eigenvalue weighted by Crippen LogP contribution is -2.22. The Hall–Kier alpha value is -0.870. The maximum Gasteiger partial charge on any atom is 0.0587 e. The average molecular weight is 351 g/mol. The Morgan fingerprint density at radius 2 is 1.89 bits per heavy atom. The molecular weight excluding hydrogens is 333 g/mol. The van der Waals surface area contributed by atoms with Crippen molar-refractivity contribution in [2.24, 2.45) is 0 Å². The van der Waals surface area contributed by atoms with Gasteiger partial charge in [0.1, 0.15) is 0 Å². The Balaban J connectivity index is 2.43. The summed E-state index contributed by atoms with van der Waals surface area (Å²) in [6.45, 7) is 5.25. The van der Waals surface area contributed by atoms with Crippen LogP contribution in [0.15, 0.2) is 48.5 Å². The van der Waals surface area contributed by atoms with Gasteiger partial charge in [-0.3, -0.25) is 0 Å². The van der Waals surface area contributed by atoms with Crippen LogP contribution in [0.2, 0.25) is 0 Å². The molecule has 0 radical (unpaired) electrons. The number of halogens is 1. The minimum atomic E-state index is 0.281. The van der Waals surface area contributed by atoms with Gasteiger partial charge >= 0.3 is 0 Å². The van der Waals surface area contributed by atoms with Gasteiger partial charge in [-0.25, -0.2) is 0 Å². The summed E-state index contributed by atoms with van der Waals surface area (Å²) in [5.74, 6) is 0. The quantitative estimate of drug-likeness (QED) is 0.810. The summed E-state index contributed by atoms with van der Waals surface area (Å²) >= 11 is 2.41. The van der Waals surface area contributed by atoms with Crippen LogP contribution in [0.4, 0.5) is 0 Å². The van der Waals surface area contributed by atoms with Crippen LogP contribution in [-0.2, 0) is 0 Å². The van der Waals surface area contributed by atoms with Crippen LogP contribution >= 0.6 is 22.6 Å². The zero-order valence-corrected chi connectivity index (χ0v) is 12.9. The Morgan fingerprint density at radius 1 is 1.11 bits per heavy atom. The lowest BCUT2D eigenvalue weighted by atomic mass is 9.97. The van der Waals surface area contributed by atoms with Gasteiger partial charge in [0.15, 0.2) is 0 Å². The minimum absolute atomic E-state index is 0.281. The van der Waals surface area contributed by atoms with E-state index < -0.39 is 0 Å². The van der Waals surface area contributed by atoms with Gasteiger partial charge in [-0.1, -0.05) is 55.0 Å². The van der Waals surface area contributed by atoms with Gasteiger partial charge in [0.05, 0.1) is 6.04 Å². The molecule has 0 fully saturated rings. The van der Waals surface area contributed by atoms with E-state index in [1.165, 1.54) is 20.3 Å². The first-order chi connectivity index (χ1) is 8.72. The second-order valence-corrected chi connectivity index (χ2v) is 5.59. The number of benzene rings is 2. The lowest BCUT2D eigenvalue weighted by molar-refractivity contribution is 0.628. The lowest BCUT2D eigenvalue weighted by Gasteiger charge is -2.20. The van der Waals surface area contributed by atoms with Crippen LogP contribution in [0.1, 0.15) is 29.7 Å². The van der Waals surface area contributed by atoms with E-state index in [2.05, 4.69) is 90.3 Å². The van der Waals surface area contributed by atoms with Gasteiger partial charge in [0.2, 0.25) is 0 Å². The molecule has 2 heteroatoms. The molecule has 0 saturated heterocycles. The summed E-state index contributed by atoms with van der Waals surface area (Å²) in [7, 11) is 0. The zero-order chi connectivity index (χ0) is 13.0. The summed E-state index contributed by atoms with van der Waals surface area (Å²) in [6.07, 6.45) is 0. The number of nitrogens with one attached hydrogen (secondary N) is 1. The first-order valence-electron chi connectivity index (χ1n) is 6.26. The third-order valence-electron chi connectivity index (χ3n) is 3.00. The highest BCUT2D eigenvalue weighted by Crippen LogP contribution is 2.26. The molecule has 1 unspecified atom stereocenters. The van der Waals surface area contributed by atoms with E-state index in [9.17, 15) is 0 Å². The van der Waals surface area contributed by atoms with Crippen molar-refractivity contribution < 1.29 is 0 Å². The van der Waals surface area contributed by atoms with Crippen LogP contribution < -0.4 is 5.32 Å². The van der Waals surface area contributed by atoms with Crippen molar-refractivity contribution in [2.75, 3.05) is 6.54 Å². The molecule has 2 rings (SSSR count). The van der Waals surface area contributed by atoms with E-state index >= 15 is 0 Å². The maximum atomic E-state index is 3.58. The molecule has 0 spiro atoms. The van der Waals surface area contributed by atoms with E-state index in [-0.39, 0.29) is 6.04 Å². The van der Waals surface area contributed by atoms with Gasteiger partial charge in [-0.05, 0) is 53.3 Å². The fraction of sp³-hybridized carbons (Fsp3) is 0.250. The molecule has 2 aromatic rings. The third-order valence-corrected chi connectivity index (χ3v) is 3.98. The van der Waals surface area contributed by atoms with Crippen molar-refractivity contribution in [1.82, 2.24) is 5.32 Å². The molecule has 0 bridgehead atoms. The predicted molar refractivity (Wildman–Crippen MR) is 85.9 cm³/mol. The van der Waals surface area contributed by atoms with E-state index in [1.807, 2.05) is 0 Å². The monoisotopic (exact) mass is 351 g/mol. The molecule has 0 saturated carbocycles. The standard InChI is InChI=1S/C16H18IN/c1-3-18-16(13-8-6-7-12(2)11-13)14-9-4-5-10-15(14)17/h4-11,16,18H,3H2,1-2H3. The van der Waals surface area contributed by atoms with Crippen molar-refractivity contribution >= 4 is 22.6 Å².